The lowest BCUT2D eigenvalue weighted by atomic mass is 9.76. The van der Waals surface area contributed by atoms with Crippen LogP contribution in [0.15, 0.2) is 12.3 Å². The SMILES string of the molecule is Cl.O[C@]12CCNC[C@H]1CN(c1ncc(Cl)cc1F)CC2. The molecule has 1 aromatic heterocycles. The van der Waals surface area contributed by atoms with Crippen LogP contribution in [0.2, 0.25) is 5.02 Å². The second kappa shape index (κ2) is 6.02. The molecule has 20 heavy (non-hydrogen) atoms. The third kappa shape index (κ3) is 2.86. The van der Waals surface area contributed by atoms with E-state index in [2.05, 4.69) is 10.3 Å². The van der Waals surface area contributed by atoms with Gasteiger partial charge in [-0.3, -0.25) is 0 Å². The Kier molecular flexibility index (Phi) is 4.74. The van der Waals surface area contributed by atoms with E-state index < -0.39 is 11.4 Å². The van der Waals surface area contributed by atoms with Gasteiger partial charge in [0.05, 0.1) is 10.6 Å². The van der Waals surface area contributed by atoms with E-state index in [0.717, 1.165) is 19.5 Å². The highest BCUT2D eigenvalue weighted by Gasteiger charge is 2.43. The van der Waals surface area contributed by atoms with E-state index in [4.69, 9.17) is 11.6 Å². The van der Waals surface area contributed by atoms with Crippen LogP contribution in [-0.2, 0) is 0 Å². The molecule has 0 aromatic carbocycles. The number of piperidine rings is 2. The van der Waals surface area contributed by atoms with E-state index in [1.165, 1.54) is 12.3 Å². The fourth-order valence-corrected chi connectivity index (χ4v) is 3.20. The Balaban J connectivity index is 0.00000147. The number of pyridine rings is 1. The zero-order chi connectivity index (χ0) is 13.5. The minimum Gasteiger partial charge on any atom is -0.389 e. The quantitative estimate of drug-likeness (QED) is 0.828. The molecule has 2 aliphatic heterocycles. The monoisotopic (exact) mass is 321 g/mol. The highest BCUT2D eigenvalue weighted by Crippen LogP contribution is 2.35. The summed E-state index contributed by atoms with van der Waals surface area (Å²) >= 11 is 5.72. The highest BCUT2D eigenvalue weighted by atomic mass is 35.5. The van der Waals surface area contributed by atoms with Gasteiger partial charge in [0.1, 0.15) is 0 Å². The summed E-state index contributed by atoms with van der Waals surface area (Å²) in [6, 6.07) is 1.28. The van der Waals surface area contributed by atoms with Crippen LogP contribution in [0.1, 0.15) is 12.8 Å². The lowest BCUT2D eigenvalue weighted by Gasteiger charge is -2.47. The standard InChI is InChI=1S/C13H17ClFN3O.ClH/c14-10-5-11(15)12(17-7-10)18-4-2-13(19)1-3-16-6-9(13)8-18;/h5,7,9,16,19H,1-4,6,8H2;1H/t9-,13-;/m0./s1. The fourth-order valence-electron chi connectivity index (χ4n) is 3.06. The van der Waals surface area contributed by atoms with Crippen molar-refractivity contribution in [1.82, 2.24) is 10.3 Å². The molecule has 0 bridgehead atoms. The van der Waals surface area contributed by atoms with Crippen LogP contribution in [0.25, 0.3) is 0 Å². The second-order valence-corrected chi connectivity index (χ2v) is 5.85. The maximum atomic E-state index is 13.9. The summed E-state index contributed by atoms with van der Waals surface area (Å²) in [5.41, 5.74) is -0.606. The smallest absolute Gasteiger partial charge is 0.167 e. The van der Waals surface area contributed by atoms with Crippen LogP contribution in [-0.4, -0.2) is 41.9 Å². The molecule has 4 nitrogen and oxygen atoms in total. The van der Waals surface area contributed by atoms with Crippen molar-refractivity contribution in [3.8, 4) is 0 Å². The first-order valence-corrected chi connectivity index (χ1v) is 6.95. The zero-order valence-corrected chi connectivity index (χ0v) is 12.6. The molecule has 1 aromatic rings. The number of nitrogens with one attached hydrogen (secondary N) is 1. The molecule has 0 unspecified atom stereocenters. The van der Waals surface area contributed by atoms with Gasteiger partial charge in [0.15, 0.2) is 11.6 Å². The summed E-state index contributed by atoms with van der Waals surface area (Å²) in [5, 5.41) is 14.2. The summed E-state index contributed by atoms with van der Waals surface area (Å²) in [6.45, 7) is 2.86. The van der Waals surface area contributed by atoms with Crippen molar-refractivity contribution in [3.63, 3.8) is 0 Å². The van der Waals surface area contributed by atoms with Crippen LogP contribution < -0.4 is 10.2 Å². The molecule has 2 aliphatic rings. The van der Waals surface area contributed by atoms with Gasteiger partial charge in [0.25, 0.3) is 0 Å². The number of fused-ring (bicyclic) bond motifs is 1. The van der Waals surface area contributed by atoms with Crippen molar-refractivity contribution >= 4 is 29.8 Å². The number of aromatic nitrogens is 1. The van der Waals surface area contributed by atoms with Crippen molar-refractivity contribution in [1.29, 1.82) is 0 Å². The first kappa shape index (κ1) is 15.8. The van der Waals surface area contributed by atoms with Gasteiger partial charge >= 0.3 is 0 Å². The lowest BCUT2D eigenvalue weighted by molar-refractivity contribution is -0.0540. The molecule has 112 valence electrons. The topological polar surface area (TPSA) is 48.4 Å². The third-order valence-electron chi connectivity index (χ3n) is 4.23. The molecule has 3 heterocycles. The van der Waals surface area contributed by atoms with Crippen molar-refractivity contribution in [2.45, 2.75) is 18.4 Å². The average Bonchev–Trinajstić information content (AvgIpc) is 2.38. The van der Waals surface area contributed by atoms with E-state index in [1.54, 1.807) is 0 Å². The number of anilines is 1. The van der Waals surface area contributed by atoms with Crippen molar-refractivity contribution in [2.24, 2.45) is 5.92 Å². The summed E-state index contributed by atoms with van der Waals surface area (Å²) in [5.74, 6) is 0.0469. The zero-order valence-electron chi connectivity index (χ0n) is 11.0. The van der Waals surface area contributed by atoms with E-state index in [9.17, 15) is 9.50 Å². The molecule has 0 spiro atoms. The minimum atomic E-state index is -0.606. The van der Waals surface area contributed by atoms with Crippen molar-refractivity contribution < 1.29 is 9.50 Å². The normalized spacial score (nSPS) is 29.6. The third-order valence-corrected chi connectivity index (χ3v) is 4.44. The van der Waals surface area contributed by atoms with Gasteiger partial charge < -0.3 is 15.3 Å². The van der Waals surface area contributed by atoms with E-state index in [0.29, 0.717) is 30.4 Å². The van der Waals surface area contributed by atoms with Gasteiger partial charge in [-0.25, -0.2) is 9.37 Å². The largest absolute Gasteiger partial charge is 0.389 e. The van der Waals surface area contributed by atoms with Crippen molar-refractivity contribution in [2.75, 3.05) is 31.1 Å². The number of hydrogen-bond acceptors (Lipinski definition) is 4. The van der Waals surface area contributed by atoms with Crippen LogP contribution >= 0.6 is 24.0 Å². The van der Waals surface area contributed by atoms with Gasteiger partial charge in [-0.1, -0.05) is 11.6 Å². The second-order valence-electron chi connectivity index (χ2n) is 5.41. The molecule has 7 heteroatoms. The van der Waals surface area contributed by atoms with Crippen LogP contribution in [0.5, 0.6) is 0 Å². The average molecular weight is 322 g/mol. The van der Waals surface area contributed by atoms with E-state index in [-0.39, 0.29) is 18.3 Å². The number of aliphatic hydroxyl groups is 1. The summed E-state index contributed by atoms with van der Waals surface area (Å²) in [4.78, 5) is 5.98. The molecule has 2 saturated heterocycles. The Labute approximate surface area is 128 Å². The molecule has 3 rings (SSSR count). The minimum absolute atomic E-state index is 0. The van der Waals surface area contributed by atoms with Crippen LogP contribution in [0, 0.1) is 11.7 Å². The predicted molar refractivity (Wildman–Crippen MR) is 79.2 cm³/mol. The molecule has 0 saturated carbocycles. The number of hydrogen-bond donors (Lipinski definition) is 2. The fraction of sp³-hybridized carbons (Fsp3) is 0.615. The van der Waals surface area contributed by atoms with E-state index in [1.807, 2.05) is 4.90 Å². The molecule has 0 amide bonds. The van der Waals surface area contributed by atoms with E-state index >= 15 is 0 Å². The summed E-state index contributed by atoms with van der Waals surface area (Å²) < 4.78 is 13.9. The van der Waals surface area contributed by atoms with Gasteiger partial charge in [0.2, 0.25) is 0 Å². The first-order chi connectivity index (χ1) is 9.08. The van der Waals surface area contributed by atoms with Crippen LogP contribution in [0.3, 0.4) is 0 Å². The predicted octanol–water partition coefficient (Wildman–Crippen LogP) is 1.85. The molecule has 0 radical (unpaired) electrons. The Hall–Kier alpha value is -0.620. The number of halogens is 3. The number of rotatable bonds is 1. The highest BCUT2D eigenvalue weighted by molar-refractivity contribution is 6.30. The Bertz CT molecular complexity index is 491. The Morgan fingerprint density at radius 2 is 2.30 bits per heavy atom. The van der Waals surface area contributed by atoms with Gasteiger partial charge in [0, 0.05) is 31.7 Å². The molecular weight excluding hydrogens is 304 g/mol. The first-order valence-electron chi connectivity index (χ1n) is 6.57. The molecular formula is C13H18Cl2FN3O. The molecule has 2 N–H and O–H groups in total. The maximum absolute atomic E-state index is 13.9. The maximum Gasteiger partial charge on any atom is 0.167 e. The molecule has 2 atom stereocenters. The number of nitrogens with zero attached hydrogens (tertiary/aromatic N) is 2. The van der Waals surface area contributed by atoms with Crippen molar-refractivity contribution in [3.05, 3.63) is 23.1 Å². The summed E-state index contributed by atoms with van der Waals surface area (Å²) in [6.07, 6.45) is 2.88. The summed E-state index contributed by atoms with van der Waals surface area (Å²) in [7, 11) is 0. The molecule has 2 fully saturated rings. The molecule has 0 aliphatic carbocycles. The van der Waals surface area contributed by atoms with Gasteiger partial charge in [-0.05, 0) is 25.5 Å². The van der Waals surface area contributed by atoms with Gasteiger partial charge in [-0.15, -0.1) is 12.4 Å². The Morgan fingerprint density at radius 1 is 1.50 bits per heavy atom. The van der Waals surface area contributed by atoms with Crippen LogP contribution in [0.4, 0.5) is 10.2 Å². The van der Waals surface area contributed by atoms with Gasteiger partial charge in [-0.2, -0.15) is 0 Å². The Morgan fingerprint density at radius 3 is 3.05 bits per heavy atom. The lowest BCUT2D eigenvalue weighted by Crippen LogP contribution is -2.59.